The van der Waals surface area contributed by atoms with Crippen LogP contribution in [0.25, 0.3) is 0 Å². The van der Waals surface area contributed by atoms with Gasteiger partial charge in [0.15, 0.2) is 0 Å². The molecular weight excluding hydrogens is 268 g/mol. The minimum atomic E-state index is -0.877. The van der Waals surface area contributed by atoms with Gasteiger partial charge in [-0.2, -0.15) is 0 Å². The predicted molar refractivity (Wildman–Crippen MR) is 77.7 cm³/mol. The summed E-state index contributed by atoms with van der Waals surface area (Å²) < 4.78 is 5.60. The molecule has 1 aromatic carbocycles. The molecular formula is C16H20N2O3. The number of nitrogens with zero attached hydrogens (tertiary/aromatic N) is 1. The van der Waals surface area contributed by atoms with Crippen LogP contribution in [0.1, 0.15) is 36.9 Å². The highest BCUT2D eigenvalue weighted by Crippen LogP contribution is 2.39. The lowest BCUT2D eigenvalue weighted by Gasteiger charge is -2.38. The van der Waals surface area contributed by atoms with Gasteiger partial charge in [-0.3, -0.25) is 9.59 Å². The van der Waals surface area contributed by atoms with Gasteiger partial charge in [-0.15, -0.1) is 0 Å². The van der Waals surface area contributed by atoms with E-state index in [1.165, 1.54) is 5.56 Å². The van der Waals surface area contributed by atoms with Crippen LogP contribution in [-0.2, 0) is 16.0 Å². The lowest BCUT2D eigenvalue weighted by Crippen LogP contribution is -2.47. The molecule has 0 bridgehead atoms. The maximum atomic E-state index is 12.1. The van der Waals surface area contributed by atoms with Crippen molar-refractivity contribution in [2.45, 2.75) is 32.2 Å². The number of fused-ring (bicyclic) bond motifs is 1. The van der Waals surface area contributed by atoms with Gasteiger partial charge in [-0.25, -0.2) is 0 Å². The van der Waals surface area contributed by atoms with Crippen molar-refractivity contribution < 1.29 is 14.3 Å². The number of piperidine rings is 1. The maximum Gasteiger partial charge on any atom is 0.312 e. The lowest BCUT2D eigenvalue weighted by atomic mass is 9.87. The molecule has 2 N–H and O–H groups in total. The molecule has 0 unspecified atom stereocenters. The Balaban J connectivity index is 1.97. The SMILES string of the molecule is C[C@H]1CC[C@H](c2cccc3c2CCO3)N(C(=O)C(N)=O)C1. The summed E-state index contributed by atoms with van der Waals surface area (Å²) in [5, 5.41) is 0. The third-order valence-electron chi connectivity index (χ3n) is 4.43. The minimum Gasteiger partial charge on any atom is -0.493 e. The highest BCUT2D eigenvalue weighted by molar-refractivity contribution is 6.34. The molecule has 5 heteroatoms. The molecule has 2 heterocycles. The number of amides is 2. The zero-order chi connectivity index (χ0) is 15.0. The van der Waals surface area contributed by atoms with Crippen LogP contribution < -0.4 is 10.5 Å². The van der Waals surface area contributed by atoms with Gasteiger partial charge >= 0.3 is 11.8 Å². The van der Waals surface area contributed by atoms with Gasteiger partial charge in [-0.05, 0) is 30.4 Å². The quantitative estimate of drug-likeness (QED) is 0.794. The molecule has 112 valence electrons. The Labute approximate surface area is 124 Å². The van der Waals surface area contributed by atoms with Gasteiger partial charge in [0.05, 0.1) is 12.6 Å². The molecule has 1 aromatic rings. The number of carbonyl (C=O) groups excluding carboxylic acids is 2. The topological polar surface area (TPSA) is 72.6 Å². The Morgan fingerprint density at radius 3 is 2.90 bits per heavy atom. The number of nitrogens with two attached hydrogens (primary N) is 1. The van der Waals surface area contributed by atoms with Crippen LogP contribution in [-0.4, -0.2) is 29.9 Å². The number of ether oxygens (including phenoxy) is 1. The van der Waals surface area contributed by atoms with Gasteiger partial charge in [0, 0.05) is 18.5 Å². The molecule has 2 atom stereocenters. The van der Waals surface area contributed by atoms with Crippen LogP contribution in [0.3, 0.4) is 0 Å². The van der Waals surface area contributed by atoms with Crippen LogP contribution in [0.15, 0.2) is 18.2 Å². The molecule has 3 rings (SSSR count). The Kier molecular flexibility index (Phi) is 3.57. The third kappa shape index (κ3) is 2.48. The summed E-state index contributed by atoms with van der Waals surface area (Å²) in [6.07, 6.45) is 2.75. The molecule has 2 amide bonds. The van der Waals surface area contributed by atoms with Crippen molar-refractivity contribution in [2.24, 2.45) is 11.7 Å². The summed E-state index contributed by atoms with van der Waals surface area (Å²) in [5.41, 5.74) is 7.48. The number of likely N-dealkylation sites (tertiary alicyclic amines) is 1. The van der Waals surface area contributed by atoms with Gasteiger partial charge < -0.3 is 15.4 Å². The van der Waals surface area contributed by atoms with E-state index in [0.717, 1.165) is 30.6 Å². The van der Waals surface area contributed by atoms with Gasteiger partial charge in [0.25, 0.3) is 0 Å². The van der Waals surface area contributed by atoms with Crippen molar-refractivity contribution in [1.82, 2.24) is 4.90 Å². The second kappa shape index (κ2) is 5.39. The molecule has 0 aliphatic carbocycles. The summed E-state index contributed by atoms with van der Waals surface area (Å²) in [6, 6.07) is 5.87. The number of rotatable bonds is 1. The normalized spacial score (nSPS) is 24.3. The van der Waals surface area contributed by atoms with Gasteiger partial charge in [0.1, 0.15) is 5.75 Å². The molecule has 0 saturated carbocycles. The van der Waals surface area contributed by atoms with Crippen LogP contribution in [0.4, 0.5) is 0 Å². The van der Waals surface area contributed by atoms with E-state index in [0.29, 0.717) is 19.1 Å². The Morgan fingerprint density at radius 2 is 2.14 bits per heavy atom. The molecule has 0 aromatic heterocycles. The fourth-order valence-corrected chi connectivity index (χ4v) is 3.40. The molecule has 5 nitrogen and oxygen atoms in total. The first-order valence-electron chi connectivity index (χ1n) is 7.43. The van der Waals surface area contributed by atoms with Crippen LogP contribution in [0.5, 0.6) is 5.75 Å². The van der Waals surface area contributed by atoms with Crippen molar-refractivity contribution in [3.63, 3.8) is 0 Å². The van der Waals surface area contributed by atoms with Crippen LogP contribution in [0, 0.1) is 5.92 Å². The monoisotopic (exact) mass is 288 g/mol. The fraction of sp³-hybridized carbons (Fsp3) is 0.500. The highest BCUT2D eigenvalue weighted by atomic mass is 16.5. The number of primary amides is 1. The number of benzene rings is 1. The smallest absolute Gasteiger partial charge is 0.312 e. The van der Waals surface area contributed by atoms with Crippen molar-refractivity contribution >= 4 is 11.8 Å². The molecule has 2 aliphatic rings. The average molecular weight is 288 g/mol. The van der Waals surface area contributed by atoms with E-state index in [1.54, 1.807) is 4.90 Å². The fourth-order valence-electron chi connectivity index (χ4n) is 3.40. The van der Waals surface area contributed by atoms with E-state index < -0.39 is 11.8 Å². The molecule has 1 saturated heterocycles. The average Bonchev–Trinajstić information content (AvgIpc) is 2.94. The summed E-state index contributed by atoms with van der Waals surface area (Å²) in [4.78, 5) is 25.1. The first-order chi connectivity index (χ1) is 10.1. The van der Waals surface area contributed by atoms with E-state index >= 15 is 0 Å². The number of hydrogen-bond acceptors (Lipinski definition) is 3. The molecule has 0 radical (unpaired) electrons. The van der Waals surface area contributed by atoms with E-state index in [2.05, 4.69) is 6.92 Å². The van der Waals surface area contributed by atoms with Gasteiger partial charge in [0.2, 0.25) is 0 Å². The third-order valence-corrected chi connectivity index (χ3v) is 4.43. The van der Waals surface area contributed by atoms with Crippen LogP contribution in [0.2, 0.25) is 0 Å². The summed E-state index contributed by atoms with van der Waals surface area (Å²) >= 11 is 0. The lowest BCUT2D eigenvalue weighted by molar-refractivity contribution is -0.147. The largest absolute Gasteiger partial charge is 0.493 e. The Hall–Kier alpha value is -2.04. The molecule has 2 aliphatic heterocycles. The van der Waals surface area contributed by atoms with E-state index in [4.69, 9.17) is 10.5 Å². The van der Waals surface area contributed by atoms with Crippen molar-refractivity contribution in [2.75, 3.05) is 13.2 Å². The second-order valence-corrected chi connectivity index (χ2v) is 5.94. The Bertz CT molecular complexity index is 585. The summed E-state index contributed by atoms with van der Waals surface area (Å²) in [5.74, 6) is -0.170. The number of hydrogen-bond donors (Lipinski definition) is 1. The predicted octanol–water partition coefficient (Wildman–Crippen LogP) is 1.41. The Morgan fingerprint density at radius 1 is 1.33 bits per heavy atom. The first kappa shape index (κ1) is 13.9. The van der Waals surface area contributed by atoms with E-state index in [1.807, 2.05) is 18.2 Å². The zero-order valence-corrected chi connectivity index (χ0v) is 12.2. The zero-order valence-electron chi connectivity index (χ0n) is 12.2. The first-order valence-corrected chi connectivity index (χ1v) is 7.43. The standard InChI is InChI=1S/C16H20N2O3/c1-10-5-6-13(18(9-10)16(20)15(17)19)11-3-2-4-14-12(11)7-8-21-14/h2-4,10,13H,5-9H2,1H3,(H2,17,19)/t10-,13+/m0/s1. The number of carbonyl (C=O) groups is 2. The molecule has 0 spiro atoms. The second-order valence-electron chi connectivity index (χ2n) is 5.94. The summed E-state index contributed by atoms with van der Waals surface area (Å²) in [7, 11) is 0. The van der Waals surface area contributed by atoms with Crippen molar-refractivity contribution in [1.29, 1.82) is 0 Å². The molecule has 1 fully saturated rings. The maximum absolute atomic E-state index is 12.1. The summed E-state index contributed by atoms with van der Waals surface area (Å²) in [6.45, 7) is 3.35. The molecule has 21 heavy (non-hydrogen) atoms. The van der Waals surface area contributed by atoms with Crippen molar-refractivity contribution in [3.8, 4) is 5.75 Å². The van der Waals surface area contributed by atoms with Gasteiger partial charge in [-0.1, -0.05) is 19.1 Å². The van der Waals surface area contributed by atoms with E-state index in [9.17, 15) is 9.59 Å². The van der Waals surface area contributed by atoms with E-state index in [-0.39, 0.29) is 6.04 Å². The highest BCUT2D eigenvalue weighted by Gasteiger charge is 2.35. The van der Waals surface area contributed by atoms with Crippen LogP contribution >= 0.6 is 0 Å². The minimum absolute atomic E-state index is 0.0714. The van der Waals surface area contributed by atoms with Crippen molar-refractivity contribution in [3.05, 3.63) is 29.3 Å².